The summed E-state index contributed by atoms with van der Waals surface area (Å²) in [5.41, 5.74) is 8.17. The molecule has 0 aliphatic carbocycles. The number of aromatic nitrogens is 4. The fourth-order valence-electron chi connectivity index (χ4n) is 1.65. The highest BCUT2D eigenvalue weighted by atomic mass is 16.5. The van der Waals surface area contributed by atoms with Crippen LogP contribution in [0.5, 0.6) is 0 Å². The van der Waals surface area contributed by atoms with Crippen LogP contribution in [-0.4, -0.2) is 20.1 Å². The topological polar surface area (TPSA) is 90.7 Å². The number of hydrogen-bond acceptors (Lipinski definition) is 6. The molecular weight excluding hydrogens is 242 g/mol. The highest BCUT2D eigenvalue weighted by Crippen LogP contribution is 2.23. The molecule has 3 aromatic rings. The Balaban J connectivity index is 2.00. The molecule has 19 heavy (non-hydrogen) atoms. The van der Waals surface area contributed by atoms with E-state index in [0.29, 0.717) is 11.5 Å². The van der Waals surface area contributed by atoms with E-state index >= 15 is 0 Å². The molecule has 2 N–H and O–H groups in total. The Hall–Kier alpha value is -2.76. The number of aryl methyl sites for hydroxylation is 1. The first-order chi connectivity index (χ1) is 9.24. The average Bonchev–Trinajstić information content (AvgIpc) is 2.89. The molecule has 0 bridgehead atoms. The minimum absolute atomic E-state index is 0.265. The van der Waals surface area contributed by atoms with Crippen LogP contribution in [0.2, 0.25) is 0 Å². The third kappa shape index (κ3) is 2.15. The molecule has 6 nitrogen and oxygen atoms in total. The van der Waals surface area contributed by atoms with Crippen molar-refractivity contribution in [3.63, 3.8) is 0 Å². The van der Waals surface area contributed by atoms with Gasteiger partial charge < -0.3 is 10.3 Å². The lowest BCUT2D eigenvalue weighted by atomic mass is 10.1. The fourth-order valence-corrected chi connectivity index (χ4v) is 1.65. The molecule has 3 rings (SSSR count). The first-order valence-electron chi connectivity index (χ1n) is 5.71. The van der Waals surface area contributed by atoms with E-state index in [0.717, 1.165) is 5.56 Å². The molecule has 2 heterocycles. The summed E-state index contributed by atoms with van der Waals surface area (Å²) in [6.45, 7) is 2.02. The quantitative estimate of drug-likeness (QED) is 0.751. The van der Waals surface area contributed by atoms with E-state index in [4.69, 9.17) is 10.3 Å². The van der Waals surface area contributed by atoms with E-state index < -0.39 is 0 Å². The van der Waals surface area contributed by atoms with Crippen LogP contribution < -0.4 is 5.73 Å². The van der Waals surface area contributed by atoms with Gasteiger partial charge in [-0.25, -0.2) is 9.97 Å². The third-order valence-electron chi connectivity index (χ3n) is 2.66. The van der Waals surface area contributed by atoms with E-state index in [-0.39, 0.29) is 11.7 Å². The van der Waals surface area contributed by atoms with E-state index in [1.54, 1.807) is 0 Å². The lowest BCUT2D eigenvalue weighted by molar-refractivity contribution is 0.431. The number of nitrogens with zero attached hydrogens (tertiary/aromatic N) is 4. The molecule has 0 aliphatic rings. The maximum absolute atomic E-state index is 5.72. The van der Waals surface area contributed by atoms with E-state index in [2.05, 4.69) is 20.1 Å². The van der Waals surface area contributed by atoms with Crippen LogP contribution >= 0.6 is 0 Å². The first-order valence-corrected chi connectivity index (χ1v) is 5.71. The summed E-state index contributed by atoms with van der Waals surface area (Å²) >= 11 is 0. The molecule has 0 radical (unpaired) electrons. The molecule has 0 atom stereocenters. The van der Waals surface area contributed by atoms with Crippen molar-refractivity contribution in [1.82, 2.24) is 20.1 Å². The van der Waals surface area contributed by atoms with Gasteiger partial charge in [0.1, 0.15) is 0 Å². The van der Waals surface area contributed by atoms with Gasteiger partial charge in [0.2, 0.25) is 5.82 Å². The molecule has 0 amide bonds. The number of anilines is 1. The van der Waals surface area contributed by atoms with E-state index in [1.807, 2.05) is 31.2 Å². The molecular formula is C13H11N5O. The summed E-state index contributed by atoms with van der Waals surface area (Å²) in [6.07, 6.45) is 3.04. The lowest BCUT2D eigenvalue weighted by Gasteiger charge is -1.96. The molecule has 0 fully saturated rings. The number of hydrogen-bond donors (Lipinski definition) is 1. The molecule has 0 spiro atoms. The summed E-state index contributed by atoms with van der Waals surface area (Å²) in [5.74, 6) is 1.03. The second-order valence-electron chi connectivity index (χ2n) is 4.08. The molecule has 6 heteroatoms. The highest BCUT2D eigenvalue weighted by Gasteiger charge is 2.14. The van der Waals surface area contributed by atoms with Crippen molar-refractivity contribution in [1.29, 1.82) is 0 Å². The number of nitrogen functional groups attached to an aromatic ring is 1. The normalized spacial score (nSPS) is 10.6. The summed E-state index contributed by atoms with van der Waals surface area (Å²) < 4.78 is 5.17. The predicted molar refractivity (Wildman–Crippen MR) is 69.9 cm³/mol. The standard InChI is InChI=1S/C13H11N5O/c1-8-2-4-9(5-3-8)12-17-13(19-18-12)10-11(14)16-7-6-15-10/h2-7H,1H3,(H2,14,16). The zero-order valence-electron chi connectivity index (χ0n) is 10.2. The molecule has 2 aromatic heterocycles. The second kappa shape index (κ2) is 4.49. The minimum atomic E-state index is 0.265. The van der Waals surface area contributed by atoms with Crippen LogP contribution in [0.3, 0.4) is 0 Å². The van der Waals surface area contributed by atoms with Gasteiger partial charge >= 0.3 is 0 Å². The van der Waals surface area contributed by atoms with Crippen molar-refractivity contribution in [2.75, 3.05) is 5.73 Å². The first kappa shape index (κ1) is 11.3. The Morgan fingerprint density at radius 3 is 2.53 bits per heavy atom. The van der Waals surface area contributed by atoms with Gasteiger partial charge in [-0.3, -0.25) is 0 Å². The number of rotatable bonds is 2. The monoisotopic (exact) mass is 253 g/mol. The van der Waals surface area contributed by atoms with Crippen LogP contribution in [0.4, 0.5) is 5.82 Å². The smallest absolute Gasteiger partial charge is 0.280 e. The van der Waals surface area contributed by atoms with Gasteiger partial charge in [-0.1, -0.05) is 35.0 Å². The van der Waals surface area contributed by atoms with E-state index in [9.17, 15) is 0 Å². The zero-order chi connectivity index (χ0) is 13.2. The average molecular weight is 253 g/mol. The maximum Gasteiger partial charge on any atom is 0.280 e. The van der Waals surface area contributed by atoms with Gasteiger partial charge in [0, 0.05) is 18.0 Å². The van der Waals surface area contributed by atoms with Crippen molar-refractivity contribution in [2.45, 2.75) is 6.92 Å². The molecule has 0 aliphatic heterocycles. The Labute approximate surface area is 109 Å². The van der Waals surface area contributed by atoms with Crippen molar-refractivity contribution in [3.05, 3.63) is 42.2 Å². The Morgan fingerprint density at radius 2 is 1.79 bits per heavy atom. The summed E-state index contributed by atoms with van der Waals surface area (Å²) in [5, 5.41) is 3.92. The van der Waals surface area contributed by atoms with Crippen molar-refractivity contribution >= 4 is 5.82 Å². The Bertz CT molecular complexity index is 705. The minimum Gasteiger partial charge on any atom is -0.382 e. The van der Waals surface area contributed by atoms with Crippen LogP contribution in [0.1, 0.15) is 5.56 Å². The van der Waals surface area contributed by atoms with Gasteiger partial charge in [-0.2, -0.15) is 4.98 Å². The van der Waals surface area contributed by atoms with Gasteiger partial charge in [-0.15, -0.1) is 0 Å². The molecule has 94 valence electrons. The molecule has 0 unspecified atom stereocenters. The largest absolute Gasteiger partial charge is 0.382 e. The van der Waals surface area contributed by atoms with Crippen molar-refractivity contribution < 1.29 is 4.52 Å². The van der Waals surface area contributed by atoms with Gasteiger partial charge in [-0.05, 0) is 6.92 Å². The predicted octanol–water partition coefficient (Wildman–Crippen LogP) is 2.08. The summed E-state index contributed by atoms with van der Waals surface area (Å²) in [7, 11) is 0. The van der Waals surface area contributed by atoms with Crippen LogP contribution in [0.15, 0.2) is 41.2 Å². The van der Waals surface area contributed by atoms with Crippen LogP contribution in [0.25, 0.3) is 23.0 Å². The maximum atomic E-state index is 5.72. The SMILES string of the molecule is Cc1ccc(-c2noc(-c3nccnc3N)n2)cc1. The third-order valence-corrected chi connectivity index (χ3v) is 2.66. The van der Waals surface area contributed by atoms with Gasteiger partial charge in [0.15, 0.2) is 11.5 Å². The lowest BCUT2D eigenvalue weighted by Crippen LogP contribution is -1.96. The van der Waals surface area contributed by atoms with Gasteiger partial charge in [0.05, 0.1) is 0 Å². The summed E-state index contributed by atoms with van der Waals surface area (Å²) in [4.78, 5) is 12.3. The van der Waals surface area contributed by atoms with Crippen LogP contribution in [-0.2, 0) is 0 Å². The van der Waals surface area contributed by atoms with E-state index in [1.165, 1.54) is 18.0 Å². The second-order valence-corrected chi connectivity index (χ2v) is 4.08. The summed E-state index contributed by atoms with van der Waals surface area (Å²) in [6, 6.07) is 7.85. The molecule has 0 saturated heterocycles. The Morgan fingerprint density at radius 1 is 1.05 bits per heavy atom. The van der Waals surface area contributed by atoms with Crippen LogP contribution in [0, 0.1) is 6.92 Å². The number of benzene rings is 1. The van der Waals surface area contributed by atoms with Crippen molar-refractivity contribution in [2.24, 2.45) is 0 Å². The highest BCUT2D eigenvalue weighted by molar-refractivity contribution is 5.64. The van der Waals surface area contributed by atoms with Crippen molar-refractivity contribution in [3.8, 4) is 23.0 Å². The Kier molecular flexibility index (Phi) is 2.68. The molecule has 0 saturated carbocycles. The number of nitrogens with two attached hydrogens (primary N) is 1. The zero-order valence-corrected chi connectivity index (χ0v) is 10.2. The molecule has 1 aromatic carbocycles. The fraction of sp³-hybridized carbons (Fsp3) is 0.0769. The van der Waals surface area contributed by atoms with Gasteiger partial charge in [0.25, 0.3) is 5.89 Å².